The van der Waals surface area contributed by atoms with Gasteiger partial charge in [0.05, 0.1) is 6.61 Å². The number of ether oxygens (including phenoxy) is 1. The molecule has 4 aliphatic rings. The number of carboxylic acid groups (broad SMARTS) is 1. The second kappa shape index (κ2) is 10.0. The molecule has 0 heterocycles. The van der Waals surface area contributed by atoms with Gasteiger partial charge in [-0.1, -0.05) is 57.9 Å². The fourth-order valence-corrected chi connectivity index (χ4v) is 9.08. The lowest BCUT2D eigenvalue weighted by molar-refractivity contribution is -0.171. The van der Waals surface area contributed by atoms with E-state index in [4.69, 9.17) is 9.84 Å². The van der Waals surface area contributed by atoms with Gasteiger partial charge in [-0.05, 0) is 93.0 Å². The Balaban J connectivity index is 1.62. The number of carbonyl (C=O) groups is 2. The van der Waals surface area contributed by atoms with Crippen LogP contribution in [0.25, 0.3) is 0 Å². The van der Waals surface area contributed by atoms with E-state index >= 15 is 0 Å². The molecule has 0 aliphatic heterocycles. The zero-order chi connectivity index (χ0) is 27.3. The third-order valence-corrected chi connectivity index (χ3v) is 11.3. The molecule has 2 saturated carbocycles. The van der Waals surface area contributed by atoms with Crippen LogP contribution >= 0.6 is 0 Å². The fourth-order valence-electron chi connectivity index (χ4n) is 9.08. The van der Waals surface area contributed by atoms with Crippen molar-refractivity contribution in [1.29, 1.82) is 0 Å². The average Bonchev–Trinajstić information content (AvgIpc) is 3.13. The minimum absolute atomic E-state index is 0.0314. The van der Waals surface area contributed by atoms with Crippen LogP contribution < -0.4 is 0 Å². The maximum absolute atomic E-state index is 11.8. The molecule has 2 fully saturated rings. The van der Waals surface area contributed by atoms with Crippen LogP contribution in [0.3, 0.4) is 0 Å². The lowest BCUT2D eigenvalue weighted by atomic mass is 9.47. The van der Waals surface area contributed by atoms with Crippen molar-refractivity contribution in [3.8, 4) is 0 Å². The minimum Gasteiger partial charge on any atom is -0.478 e. The standard InChI is InChI=1S/C32H48O5/c1-19(9-8-10-20(2)29(35)36)22-13-15-31(6)24-11-12-27-30(4,5)28(37-21(3)34)14-16-32(27,7)26(24)17-25(31)23(22)18-33/h10-11,19,22,26-28,33H,8-9,12-18H2,1-7H3,(H,35,36)/b20-10-/t19-,22-,26+,27+,28-,31+,32-/m1/s1. The van der Waals surface area contributed by atoms with Crippen LogP contribution in [-0.4, -0.2) is 34.9 Å². The highest BCUT2D eigenvalue weighted by molar-refractivity contribution is 5.85. The molecule has 206 valence electrons. The molecule has 5 nitrogen and oxygen atoms in total. The molecule has 0 unspecified atom stereocenters. The third-order valence-electron chi connectivity index (χ3n) is 11.3. The van der Waals surface area contributed by atoms with Crippen molar-refractivity contribution in [2.24, 2.45) is 39.9 Å². The van der Waals surface area contributed by atoms with E-state index in [1.165, 1.54) is 18.1 Å². The quantitative estimate of drug-likeness (QED) is 0.221. The van der Waals surface area contributed by atoms with Gasteiger partial charge < -0.3 is 14.9 Å². The van der Waals surface area contributed by atoms with Crippen molar-refractivity contribution in [2.75, 3.05) is 6.61 Å². The van der Waals surface area contributed by atoms with Gasteiger partial charge in [0, 0.05) is 23.3 Å². The molecule has 2 N–H and O–H groups in total. The van der Waals surface area contributed by atoms with E-state index in [1.54, 1.807) is 12.5 Å². The van der Waals surface area contributed by atoms with E-state index in [1.807, 2.05) is 6.08 Å². The smallest absolute Gasteiger partial charge is 0.330 e. The Hall–Kier alpha value is -1.88. The lowest BCUT2D eigenvalue weighted by Crippen LogP contribution is -2.55. The van der Waals surface area contributed by atoms with E-state index in [0.29, 0.717) is 29.2 Å². The van der Waals surface area contributed by atoms with Crippen molar-refractivity contribution < 1.29 is 24.5 Å². The van der Waals surface area contributed by atoms with Crippen molar-refractivity contribution >= 4 is 11.9 Å². The summed E-state index contributed by atoms with van der Waals surface area (Å²) in [4.78, 5) is 23.0. The molecule has 0 aromatic carbocycles. The number of carboxylic acids is 1. The first-order valence-corrected chi connectivity index (χ1v) is 14.4. The molecule has 0 aromatic heterocycles. The average molecular weight is 513 g/mol. The van der Waals surface area contributed by atoms with Crippen LogP contribution in [0.4, 0.5) is 0 Å². The van der Waals surface area contributed by atoms with Gasteiger partial charge in [-0.15, -0.1) is 0 Å². The van der Waals surface area contributed by atoms with Crippen LogP contribution in [0.15, 0.2) is 34.4 Å². The molecule has 37 heavy (non-hydrogen) atoms. The molecule has 4 aliphatic carbocycles. The number of hydrogen-bond donors (Lipinski definition) is 2. The summed E-state index contributed by atoms with van der Waals surface area (Å²) in [6, 6.07) is 0. The Kier molecular flexibility index (Phi) is 7.62. The van der Waals surface area contributed by atoms with Gasteiger partial charge in [0.2, 0.25) is 0 Å². The largest absolute Gasteiger partial charge is 0.478 e. The normalized spacial score (nSPS) is 37.7. The zero-order valence-electron chi connectivity index (χ0n) is 24.0. The molecule has 0 bridgehead atoms. The molecule has 4 rings (SSSR count). The molecule has 5 heteroatoms. The first kappa shape index (κ1) is 28.1. The summed E-state index contributed by atoms with van der Waals surface area (Å²) < 4.78 is 5.82. The number of hydrogen-bond acceptors (Lipinski definition) is 4. The molecule has 0 amide bonds. The molecule has 0 saturated heterocycles. The van der Waals surface area contributed by atoms with Crippen LogP contribution in [0.2, 0.25) is 0 Å². The Morgan fingerprint density at radius 3 is 2.49 bits per heavy atom. The molecular formula is C32H48O5. The van der Waals surface area contributed by atoms with Crippen molar-refractivity contribution in [3.63, 3.8) is 0 Å². The number of esters is 1. The fraction of sp³-hybridized carbons (Fsp3) is 0.750. The summed E-state index contributed by atoms with van der Waals surface area (Å²) in [5.41, 5.74) is 4.84. The minimum atomic E-state index is -0.849. The third kappa shape index (κ3) is 4.64. The van der Waals surface area contributed by atoms with Gasteiger partial charge in [0.1, 0.15) is 6.10 Å². The highest BCUT2D eigenvalue weighted by atomic mass is 16.5. The molecule has 0 spiro atoms. The molecule has 0 radical (unpaired) electrons. The zero-order valence-corrected chi connectivity index (χ0v) is 24.0. The Labute approximate surface area is 223 Å². The van der Waals surface area contributed by atoms with E-state index in [0.717, 1.165) is 51.4 Å². The van der Waals surface area contributed by atoms with Crippen LogP contribution in [0, 0.1) is 39.9 Å². The Bertz CT molecular complexity index is 1030. The number of aliphatic carboxylic acids is 1. The number of rotatable bonds is 7. The van der Waals surface area contributed by atoms with Crippen LogP contribution in [0.5, 0.6) is 0 Å². The monoisotopic (exact) mass is 512 g/mol. The predicted octanol–water partition coefficient (Wildman–Crippen LogP) is 6.86. The number of carbonyl (C=O) groups excluding carboxylic acids is 1. The lowest BCUT2D eigenvalue weighted by Gasteiger charge is -2.58. The van der Waals surface area contributed by atoms with Gasteiger partial charge in [0.25, 0.3) is 0 Å². The maximum atomic E-state index is 11.8. The Morgan fingerprint density at radius 2 is 1.86 bits per heavy atom. The second-order valence-corrected chi connectivity index (χ2v) is 13.6. The summed E-state index contributed by atoms with van der Waals surface area (Å²) in [7, 11) is 0. The second-order valence-electron chi connectivity index (χ2n) is 13.6. The molecular weight excluding hydrogens is 464 g/mol. The van der Waals surface area contributed by atoms with Crippen molar-refractivity contribution in [1.82, 2.24) is 0 Å². The number of allylic oxidation sites excluding steroid dienone is 4. The summed E-state index contributed by atoms with van der Waals surface area (Å²) >= 11 is 0. The van der Waals surface area contributed by atoms with Crippen LogP contribution in [-0.2, 0) is 14.3 Å². The first-order chi connectivity index (χ1) is 17.3. The van der Waals surface area contributed by atoms with Gasteiger partial charge in [-0.25, -0.2) is 4.79 Å². The maximum Gasteiger partial charge on any atom is 0.330 e. The number of aliphatic hydroxyl groups excluding tert-OH is 1. The SMILES string of the molecule is CC(=O)O[C@@H]1CC[C@]2(C)[C@H]3CC4=C(CO)[C@@H]([C@H](C)CC/C=C(/C)C(=O)O)CC[C@@]4(C)C3=CC[C@H]2C1(C)C. The summed E-state index contributed by atoms with van der Waals surface area (Å²) in [5.74, 6) is 0.646. The van der Waals surface area contributed by atoms with E-state index in [-0.39, 0.29) is 34.9 Å². The first-order valence-electron chi connectivity index (χ1n) is 14.4. The molecule has 0 aromatic rings. The summed E-state index contributed by atoms with van der Waals surface area (Å²) in [6.07, 6.45) is 12.2. The predicted molar refractivity (Wildman–Crippen MR) is 146 cm³/mol. The van der Waals surface area contributed by atoms with E-state index in [9.17, 15) is 14.7 Å². The molecule has 7 atom stereocenters. The highest BCUT2D eigenvalue weighted by Crippen LogP contribution is 2.69. The highest BCUT2D eigenvalue weighted by Gasteiger charge is 2.62. The van der Waals surface area contributed by atoms with Gasteiger partial charge in [-0.3, -0.25) is 4.79 Å². The summed E-state index contributed by atoms with van der Waals surface area (Å²) in [6.45, 7) is 15.1. The van der Waals surface area contributed by atoms with Crippen LogP contribution in [0.1, 0.15) is 99.8 Å². The summed E-state index contributed by atoms with van der Waals surface area (Å²) in [5, 5.41) is 19.8. The Morgan fingerprint density at radius 1 is 1.16 bits per heavy atom. The van der Waals surface area contributed by atoms with Crippen molar-refractivity contribution in [2.45, 2.75) is 106 Å². The number of aliphatic hydroxyl groups is 1. The van der Waals surface area contributed by atoms with Gasteiger partial charge in [0.15, 0.2) is 0 Å². The van der Waals surface area contributed by atoms with E-state index in [2.05, 4.69) is 40.7 Å². The van der Waals surface area contributed by atoms with E-state index < -0.39 is 5.97 Å². The van der Waals surface area contributed by atoms with Gasteiger partial charge >= 0.3 is 11.9 Å². The number of fused-ring (bicyclic) bond motifs is 5. The van der Waals surface area contributed by atoms with Crippen molar-refractivity contribution in [3.05, 3.63) is 34.4 Å². The van der Waals surface area contributed by atoms with Gasteiger partial charge in [-0.2, -0.15) is 0 Å². The topological polar surface area (TPSA) is 83.8 Å².